The highest BCUT2D eigenvalue weighted by atomic mass is 35.5. The van der Waals surface area contributed by atoms with Crippen LogP contribution < -0.4 is 0 Å². The third kappa shape index (κ3) is 5.10. The third-order valence-electron chi connectivity index (χ3n) is 4.91. The molecule has 150 valence electrons. The average molecular weight is 405 g/mol. The van der Waals surface area contributed by atoms with Crippen LogP contribution >= 0.6 is 11.6 Å². The van der Waals surface area contributed by atoms with E-state index in [0.29, 0.717) is 16.1 Å². The molecule has 28 heavy (non-hydrogen) atoms. The van der Waals surface area contributed by atoms with Crippen LogP contribution in [0.5, 0.6) is 0 Å². The molecule has 0 saturated carbocycles. The van der Waals surface area contributed by atoms with Crippen LogP contribution in [-0.2, 0) is 17.8 Å². The van der Waals surface area contributed by atoms with Gasteiger partial charge in [0.15, 0.2) is 0 Å². The molecule has 3 rings (SSSR count). The van der Waals surface area contributed by atoms with Gasteiger partial charge in [0.05, 0.1) is 12.2 Å². The van der Waals surface area contributed by atoms with Crippen molar-refractivity contribution in [3.63, 3.8) is 0 Å². The second-order valence-corrected chi connectivity index (χ2v) is 7.92. The van der Waals surface area contributed by atoms with Crippen molar-refractivity contribution < 1.29 is 13.9 Å². The molecule has 1 heterocycles. The minimum atomic E-state index is -0.406. The molecule has 0 spiro atoms. The molecule has 0 bridgehead atoms. The largest absolute Gasteiger partial charge is 0.373 e. The number of morpholine rings is 1. The van der Waals surface area contributed by atoms with Gasteiger partial charge in [0, 0.05) is 49.4 Å². The van der Waals surface area contributed by atoms with E-state index >= 15 is 0 Å². The van der Waals surface area contributed by atoms with Gasteiger partial charge in [-0.1, -0.05) is 29.8 Å². The van der Waals surface area contributed by atoms with Gasteiger partial charge in [0.1, 0.15) is 5.82 Å². The van der Waals surface area contributed by atoms with E-state index in [0.717, 1.165) is 25.2 Å². The monoisotopic (exact) mass is 404 g/mol. The summed E-state index contributed by atoms with van der Waals surface area (Å²) in [5.74, 6) is -0.573. The first-order valence-corrected chi connectivity index (χ1v) is 9.86. The summed E-state index contributed by atoms with van der Waals surface area (Å²) < 4.78 is 19.7. The summed E-state index contributed by atoms with van der Waals surface area (Å²) in [4.78, 5) is 16.5. The van der Waals surface area contributed by atoms with Crippen LogP contribution in [0.1, 0.15) is 35.3 Å². The van der Waals surface area contributed by atoms with Crippen molar-refractivity contribution in [2.75, 3.05) is 20.1 Å². The number of halogens is 2. The second-order valence-electron chi connectivity index (χ2n) is 7.51. The first kappa shape index (κ1) is 20.8. The quantitative estimate of drug-likeness (QED) is 0.742. The zero-order chi connectivity index (χ0) is 20.3. The van der Waals surface area contributed by atoms with E-state index in [1.165, 1.54) is 11.0 Å². The van der Waals surface area contributed by atoms with Gasteiger partial charge in [-0.3, -0.25) is 9.69 Å². The third-order valence-corrected chi connectivity index (χ3v) is 5.26. The minimum Gasteiger partial charge on any atom is -0.373 e. The maximum absolute atomic E-state index is 14.0. The molecule has 2 unspecified atom stereocenters. The van der Waals surface area contributed by atoms with Crippen LogP contribution in [-0.4, -0.2) is 48.1 Å². The van der Waals surface area contributed by atoms with Gasteiger partial charge in [-0.15, -0.1) is 0 Å². The van der Waals surface area contributed by atoms with Crippen molar-refractivity contribution >= 4 is 17.5 Å². The topological polar surface area (TPSA) is 32.8 Å². The van der Waals surface area contributed by atoms with E-state index in [9.17, 15) is 9.18 Å². The molecule has 0 aromatic heterocycles. The molecule has 1 saturated heterocycles. The highest BCUT2D eigenvalue weighted by Crippen LogP contribution is 2.21. The van der Waals surface area contributed by atoms with Crippen LogP contribution in [0.4, 0.5) is 4.39 Å². The predicted molar refractivity (Wildman–Crippen MR) is 109 cm³/mol. The number of amides is 1. The summed E-state index contributed by atoms with van der Waals surface area (Å²) in [6, 6.07) is 12.1. The lowest BCUT2D eigenvalue weighted by Gasteiger charge is -2.35. The fourth-order valence-corrected chi connectivity index (χ4v) is 3.86. The Balaban J connectivity index is 1.63. The standard InChI is InChI=1S/C22H26ClFN2O2/c1-15-11-26(12-16(2)28-15)13-17-7-9-18(10-8-17)22(27)25(3)14-19-20(23)5-4-6-21(19)24/h4-10,15-16H,11-14H2,1-3H3. The van der Waals surface area contributed by atoms with Gasteiger partial charge in [-0.05, 0) is 43.7 Å². The molecule has 4 nitrogen and oxygen atoms in total. The summed E-state index contributed by atoms with van der Waals surface area (Å²) in [6.45, 7) is 6.92. The molecule has 0 N–H and O–H groups in total. The van der Waals surface area contributed by atoms with Crippen molar-refractivity contribution in [2.45, 2.75) is 39.1 Å². The van der Waals surface area contributed by atoms with Gasteiger partial charge < -0.3 is 9.64 Å². The Hall–Kier alpha value is -1.95. The molecule has 1 amide bonds. The van der Waals surface area contributed by atoms with E-state index in [1.807, 2.05) is 24.3 Å². The predicted octanol–water partition coefficient (Wildman–Crippen LogP) is 4.36. The molecule has 6 heteroatoms. The molecule has 1 aliphatic heterocycles. The minimum absolute atomic E-state index is 0.121. The first-order valence-electron chi connectivity index (χ1n) is 9.48. The summed E-state index contributed by atoms with van der Waals surface area (Å²) in [7, 11) is 1.65. The van der Waals surface area contributed by atoms with E-state index < -0.39 is 5.82 Å². The van der Waals surface area contributed by atoms with Gasteiger partial charge in [-0.2, -0.15) is 0 Å². The Morgan fingerprint density at radius 1 is 1.18 bits per heavy atom. The lowest BCUT2D eigenvalue weighted by atomic mass is 10.1. The Bertz CT molecular complexity index is 798. The van der Waals surface area contributed by atoms with Crippen LogP contribution in [0.25, 0.3) is 0 Å². The van der Waals surface area contributed by atoms with Crippen molar-refractivity contribution in [3.8, 4) is 0 Å². The molecule has 1 fully saturated rings. The SMILES string of the molecule is CC1CN(Cc2ccc(C(=O)N(C)Cc3c(F)cccc3Cl)cc2)CC(C)O1. The Morgan fingerprint density at radius 2 is 1.82 bits per heavy atom. The number of carbonyl (C=O) groups is 1. The lowest BCUT2D eigenvalue weighted by molar-refractivity contribution is -0.0704. The van der Waals surface area contributed by atoms with Gasteiger partial charge in [-0.25, -0.2) is 4.39 Å². The number of ether oxygens (including phenoxy) is 1. The average Bonchev–Trinajstić information content (AvgIpc) is 2.64. The number of hydrogen-bond donors (Lipinski definition) is 0. The molecule has 1 aliphatic rings. The number of carbonyl (C=O) groups excluding carboxylic acids is 1. The maximum Gasteiger partial charge on any atom is 0.253 e. The molecule has 0 radical (unpaired) electrons. The summed E-state index contributed by atoms with van der Waals surface area (Å²) >= 11 is 6.07. The fraction of sp³-hybridized carbons (Fsp3) is 0.409. The number of hydrogen-bond acceptors (Lipinski definition) is 3. The van der Waals surface area contributed by atoms with E-state index in [1.54, 1.807) is 19.2 Å². The summed E-state index contributed by atoms with van der Waals surface area (Å²) in [6.07, 6.45) is 0.451. The van der Waals surface area contributed by atoms with Crippen LogP contribution in [0.3, 0.4) is 0 Å². The Morgan fingerprint density at radius 3 is 2.43 bits per heavy atom. The number of benzene rings is 2. The molecule has 2 aromatic rings. The van der Waals surface area contributed by atoms with Crippen molar-refractivity contribution in [1.82, 2.24) is 9.80 Å². The van der Waals surface area contributed by atoms with E-state index in [2.05, 4.69) is 18.7 Å². The molecule has 2 aromatic carbocycles. The number of nitrogens with zero attached hydrogens (tertiary/aromatic N) is 2. The van der Waals surface area contributed by atoms with Gasteiger partial charge in [0.25, 0.3) is 5.91 Å². The normalized spacial score (nSPS) is 20.2. The van der Waals surface area contributed by atoms with Gasteiger partial charge in [0.2, 0.25) is 0 Å². The highest BCUT2D eigenvalue weighted by molar-refractivity contribution is 6.31. The summed E-state index contributed by atoms with van der Waals surface area (Å²) in [5, 5.41) is 0.323. The van der Waals surface area contributed by atoms with Crippen LogP contribution in [0.15, 0.2) is 42.5 Å². The lowest BCUT2D eigenvalue weighted by Crippen LogP contribution is -2.44. The highest BCUT2D eigenvalue weighted by Gasteiger charge is 2.22. The smallest absolute Gasteiger partial charge is 0.253 e. The molecular weight excluding hydrogens is 379 g/mol. The fourth-order valence-electron chi connectivity index (χ4n) is 3.64. The zero-order valence-electron chi connectivity index (χ0n) is 16.5. The molecule has 2 atom stereocenters. The maximum atomic E-state index is 14.0. The van der Waals surface area contributed by atoms with Gasteiger partial charge >= 0.3 is 0 Å². The summed E-state index contributed by atoms with van der Waals surface area (Å²) in [5.41, 5.74) is 2.05. The second kappa shape index (κ2) is 9.03. The molecular formula is C22H26ClFN2O2. The van der Waals surface area contributed by atoms with Crippen LogP contribution in [0.2, 0.25) is 5.02 Å². The van der Waals surface area contributed by atoms with E-state index in [-0.39, 0.29) is 24.7 Å². The molecule has 0 aliphatic carbocycles. The zero-order valence-corrected chi connectivity index (χ0v) is 17.2. The van der Waals surface area contributed by atoms with Crippen molar-refractivity contribution in [2.24, 2.45) is 0 Å². The van der Waals surface area contributed by atoms with E-state index in [4.69, 9.17) is 16.3 Å². The van der Waals surface area contributed by atoms with Crippen molar-refractivity contribution in [3.05, 3.63) is 70.0 Å². The first-order chi connectivity index (χ1) is 13.3. The number of rotatable bonds is 5. The Labute approximate surface area is 170 Å². The van der Waals surface area contributed by atoms with Crippen molar-refractivity contribution in [1.29, 1.82) is 0 Å². The van der Waals surface area contributed by atoms with Crippen LogP contribution in [0, 0.1) is 5.82 Å². The Kier molecular flexibility index (Phi) is 6.70.